The highest BCUT2D eigenvalue weighted by Crippen LogP contribution is 2.34. The van der Waals surface area contributed by atoms with Crippen molar-refractivity contribution in [2.75, 3.05) is 31.4 Å². The van der Waals surface area contributed by atoms with Crippen LogP contribution in [-0.4, -0.2) is 55.9 Å². The van der Waals surface area contributed by atoms with Crippen LogP contribution in [0.15, 0.2) is 75.9 Å². The van der Waals surface area contributed by atoms with Crippen molar-refractivity contribution in [1.29, 1.82) is 0 Å². The third kappa shape index (κ3) is 10.1. The monoisotopic (exact) mass is 683 g/mol. The second-order valence-electron chi connectivity index (χ2n) is 11.2. The van der Waals surface area contributed by atoms with E-state index in [1.54, 1.807) is 24.3 Å². The first-order valence-electron chi connectivity index (χ1n) is 15.4. The van der Waals surface area contributed by atoms with Crippen LogP contribution >= 0.6 is 0 Å². The molecule has 0 saturated heterocycles. The van der Waals surface area contributed by atoms with Crippen LogP contribution in [0.2, 0.25) is 0 Å². The number of alkyl halides is 3. The van der Waals surface area contributed by atoms with E-state index in [0.29, 0.717) is 28.6 Å². The highest BCUT2D eigenvalue weighted by Gasteiger charge is 2.38. The number of aliphatic carboxylic acids is 1. The molecular formula is C35H36F3N3O8. The number of carbonyl (C=O) groups is 3. The lowest BCUT2D eigenvalue weighted by Crippen LogP contribution is -2.32. The molecule has 1 aromatic heterocycles. The molecule has 4 aromatic rings. The largest absolute Gasteiger partial charge is 0.493 e. The maximum atomic E-state index is 13.4. The minimum absolute atomic E-state index is 0.143. The molecule has 0 radical (unpaired) electrons. The van der Waals surface area contributed by atoms with Crippen LogP contribution < -0.4 is 30.9 Å². The van der Waals surface area contributed by atoms with Gasteiger partial charge in [0.1, 0.15) is 5.58 Å². The standard InChI is InChI=1S/C33H35N3O6.C2HF3O2/c1-40-29-18-25(32(38)35-23-14-12-21(13-15-23)16-17-34-22-8-4-3-5-9-22)26(19-30(29)41-2)36-33(39)31-20-27(37)24-10-6-7-11-28(24)42-31;3-2(4,5)1(6)7/h6-7,10-15,18-20,22,34H,3-5,8-9,16-17H2,1-2H3,(H,35,38)(H,36,39);(H,6,7). The van der Waals surface area contributed by atoms with Crippen molar-refractivity contribution < 1.29 is 46.6 Å². The molecule has 14 heteroatoms. The molecule has 2 amide bonds. The van der Waals surface area contributed by atoms with Crippen LogP contribution in [0.3, 0.4) is 0 Å². The smallest absolute Gasteiger partial charge is 0.490 e. The van der Waals surface area contributed by atoms with E-state index in [1.165, 1.54) is 64.0 Å². The topological polar surface area (TPSA) is 156 Å². The number of carboxylic acids is 1. The number of hydrogen-bond acceptors (Lipinski definition) is 8. The summed E-state index contributed by atoms with van der Waals surface area (Å²) in [5.41, 5.74) is 2.03. The Labute approximate surface area is 279 Å². The molecule has 1 saturated carbocycles. The van der Waals surface area contributed by atoms with E-state index in [-0.39, 0.29) is 28.0 Å². The molecule has 0 bridgehead atoms. The van der Waals surface area contributed by atoms with E-state index in [9.17, 15) is 27.6 Å². The first-order chi connectivity index (χ1) is 23.4. The SMILES string of the molecule is COc1cc(NC(=O)c2cc(=O)c3ccccc3o2)c(C(=O)Nc2ccc(CCNC3CCCCC3)cc2)cc1OC.O=C(O)C(F)(F)F. The van der Waals surface area contributed by atoms with Crippen LogP contribution in [0, 0.1) is 0 Å². The predicted molar refractivity (Wildman–Crippen MR) is 177 cm³/mol. The van der Waals surface area contributed by atoms with Gasteiger partial charge in [0.2, 0.25) is 0 Å². The molecule has 5 rings (SSSR count). The highest BCUT2D eigenvalue weighted by molar-refractivity contribution is 6.12. The fourth-order valence-electron chi connectivity index (χ4n) is 5.25. The number of anilines is 2. The molecule has 1 fully saturated rings. The molecule has 4 N–H and O–H groups in total. The number of halogens is 3. The number of amides is 2. The number of para-hydroxylation sites is 1. The summed E-state index contributed by atoms with van der Waals surface area (Å²) in [6.45, 7) is 0.919. The van der Waals surface area contributed by atoms with Crippen molar-refractivity contribution in [2.24, 2.45) is 0 Å². The summed E-state index contributed by atoms with van der Waals surface area (Å²) in [6.07, 6.45) is 2.27. The van der Waals surface area contributed by atoms with Gasteiger partial charge in [-0.1, -0.05) is 43.5 Å². The molecule has 49 heavy (non-hydrogen) atoms. The van der Waals surface area contributed by atoms with Gasteiger partial charge in [-0.15, -0.1) is 0 Å². The van der Waals surface area contributed by atoms with Gasteiger partial charge in [0.25, 0.3) is 11.8 Å². The quantitative estimate of drug-likeness (QED) is 0.148. The third-order valence-corrected chi connectivity index (χ3v) is 7.78. The van der Waals surface area contributed by atoms with Crippen LogP contribution in [0.1, 0.15) is 58.6 Å². The number of rotatable bonds is 10. The van der Waals surface area contributed by atoms with Gasteiger partial charge < -0.3 is 34.9 Å². The average Bonchev–Trinajstić information content (AvgIpc) is 3.09. The summed E-state index contributed by atoms with van der Waals surface area (Å²) in [7, 11) is 2.92. The van der Waals surface area contributed by atoms with Crippen LogP contribution in [-0.2, 0) is 11.2 Å². The molecule has 1 heterocycles. The minimum Gasteiger partial charge on any atom is -0.493 e. The highest BCUT2D eigenvalue weighted by atomic mass is 19.4. The fourth-order valence-corrected chi connectivity index (χ4v) is 5.25. The molecule has 0 unspecified atom stereocenters. The normalized spacial score (nSPS) is 13.2. The van der Waals surface area contributed by atoms with Gasteiger partial charge in [-0.25, -0.2) is 4.79 Å². The molecular weight excluding hydrogens is 647 g/mol. The van der Waals surface area contributed by atoms with E-state index in [2.05, 4.69) is 16.0 Å². The van der Waals surface area contributed by atoms with E-state index in [0.717, 1.165) is 19.0 Å². The Kier molecular flexibility index (Phi) is 12.4. The lowest BCUT2D eigenvalue weighted by molar-refractivity contribution is -0.192. The second-order valence-corrected chi connectivity index (χ2v) is 11.2. The summed E-state index contributed by atoms with van der Waals surface area (Å²) >= 11 is 0. The molecule has 0 aliphatic heterocycles. The van der Waals surface area contributed by atoms with Gasteiger partial charge in [-0.05, 0) is 61.7 Å². The second kappa shape index (κ2) is 16.6. The van der Waals surface area contributed by atoms with Crippen molar-refractivity contribution in [2.45, 2.75) is 50.7 Å². The van der Waals surface area contributed by atoms with Crippen molar-refractivity contribution >= 4 is 40.1 Å². The lowest BCUT2D eigenvalue weighted by atomic mass is 9.95. The summed E-state index contributed by atoms with van der Waals surface area (Å²) in [5, 5.41) is 16.7. The van der Waals surface area contributed by atoms with Crippen LogP contribution in [0.5, 0.6) is 11.5 Å². The van der Waals surface area contributed by atoms with E-state index >= 15 is 0 Å². The van der Waals surface area contributed by atoms with Gasteiger partial charge >= 0.3 is 12.1 Å². The van der Waals surface area contributed by atoms with Gasteiger partial charge in [0.15, 0.2) is 22.7 Å². The van der Waals surface area contributed by atoms with Crippen molar-refractivity contribution in [3.63, 3.8) is 0 Å². The fraction of sp³-hybridized carbons (Fsp3) is 0.314. The van der Waals surface area contributed by atoms with Crippen molar-refractivity contribution in [3.05, 3.63) is 93.8 Å². The zero-order valence-corrected chi connectivity index (χ0v) is 26.8. The van der Waals surface area contributed by atoms with Crippen molar-refractivity contribution in [1.82, 2.24) is 5.32 Å². The van der Waals surface area contributed by atoms with E-state index in [1.807, 2.05) is 24.3 Å². The number of hydrogen-bond donors (Lipinski definition) is 4. The van der Waals surface area contributed by atoms with Crippen LogP contribution in [0.4, 0.5) is 24.5 Å². The Balaban J connectivity index is 0.000000698. The minimum atomic E-state index is -5.08. The Morgan fingerprint density at radius 1 is 0.878 bits per heavy atom. The Morgan fingerprint density at radius 3 is 2.14 bits per heavy atom. The summed E-state index contributed by atoms with van der Waals surface area (Å²) in [5.74, 6) is -3.46. The van der Waals surface area contributed by atoms with E-state index in [4.69, 9.17) is 23.8 Å². The molecule has 260 valence electrons. The Hall–Kier alpha value is -5.37. The molecule has 3 aromatic carbocycles. The summed E-state index contributed by atoms with van der Waals surface area (Å²) in [4.78, 5) is 48.0. The Morgan fingerprint density at radius 2 is 1.51 bits per heavy atom. The summed E-state index contributed by atoms with van der Waals surface area (Å²) < 4.78 is 48.2. The molecule has 1 aliphatic carbocycles. The van der Waals surface area contributed by atoms with Gasteiger partial charge in [0, 0.05) is 23.9 Å². The summed E-state index contributed by atoms with van der Waals surface area (Å²) in [6, 6.07) is 19.1. The van der Waals surface area contributed by atoms with E-state index < -0.39 is 24.0 Å². The van der Waals surface area contributed by atoms with Gasteiger partial charge in [0.05, 0.1) is 30.9 Å². The van der Waals surface area contributed by atoms with Crippen LogP contribution in [0.25, 0.3) is 11.0 Å². The molecule has 0 atom stereocenters. The number of fused-ring (bicyclic) bond motifs is 1. The lowest BCUT2D eigenvalue weighted by Gasteiger charge is -2.22. The van der Waals surface area contributed by atoms with Gasteiger partial charge in [-0.2, -0.15) is 13.2 Å². The molecule has 1 aliphatic rings. The number of methoxy groups -OCH3 is 2. The Bertz CT molecular complexity index is 1840. The number of nitrogens with one attached hydrogen (secondary N) is 3. The molecule has 11 nitrogen and oxygen atoms in total. The first kappa shape index (κ1) is 36.5. The zero-order chi connectivity index (χ0) is 35.6. The first-order valence-corrected chi connectivity index (χ1v) is 15.4. The number of carboxylic acid groups (broad SMARTS) is 1. The average molecular weight is 684 g/mol. The maximum Gasteiger partial charge on any atom is 0.490 e. The maximum absolute atomic E-state index is 13.4. The third-order valence-electron chi connectivity index (χ3n) is 7.78. The number of ether oxygens (including phenoxy) is 2. The molecule has 0 spiro atoms. The van der Waals surface area contributed by atoms with Gasteiger partial charge in [-0.3, -0.25) is 14.4 Å². The number of carbonyl (C=O) groups excluding carboxylic acids is 2. The zero-order valence-electron chi connectivity index (χ0n) is 26.8. The number of benzene rings is 3. The predicted octanol–water partition coefficient (Wildman–Crippen LogP) is 6.41. The van der Waals surface area contributed by atoms with Crippen molar-refractivity contribution in [3.8, 4) is 11.5 Å².